The molecular weight excluding hydrogens is 339 g/mol. The van der Waals surface area contributed by atoms with E-state index in [9.17, 15) is 14.0 Å². The van der Waals surface area contributed by atoms with Crippen LogP contribution in [0.2, 0.25) is 0 Å². The van der Waals surface area contributed by atoms with Crippen molar-refractivity contribution in [3.05, 3.63) is 59.7 Å². The molecule has 1 aromatic carbocycles. The molecule has 2 aromatic rings. The van der Waals surface area contributed by atoms with E-state index in [-0.39, 0.29) is 28.8 Å². The molecule has 0 aliphatic carbocycles. The Hall–Kier alpha value is -2.64. The summed E-state index contributed by atoms with van der Waals surface area (Å²) in [5.41, 5.74) is 0.658. The van der Waals surface area contributed by atoms with Crippen LogP contribution in [0.25, 0.3) is 0 Å². The van der Waals surface area contributed by atoms with Gasteiger partial charge in [-0.3, -0.25) is 14.6 Å². The summed E-state index contributed by atoms with van der Waals surface area (Å²) < 4.78 is 23.7. The van der Waals surface area contributed by atoms with Gasteiger partial charge in [-0.1, -0.05) is 0 Å². The summed E-state index contributed by atoms with van der Waals surface area (Å²) >= 11 is 0. The van der Waals surface area contributed by atoms with Crippen molar-refractivity contribution in [1.82, 2.24) is 4.98 Å². The lowest BCUT2D eigenvalue weighted by Gasteiger charge is -2.20. The number of anilines is 1. The number of carbonyl (C=O) groups is 2. The highest BCUT2D eigenvalue weighted by atomic mass is 19.1. The Labute approximate surface area is 150 Å². The summed E-state index contributed by atoms with van der Waals surface area (Å²) in [5, 5.41) is 2.72. The smallest absolute Gasteiger partial charge is 0.253 e. The van der Waals surface area contributed by atoms with Gasteiger partial charge >= 0.3 is 0 Å². The van der Waals surface area contributed by atoms with Gasteiger partial charge in [0.25, 0.3) is 5.91 Å². The third-order valence-electron chi connectivity index (χ3n) is 4.29. The Morgan fingerprint density at radius 3 is 2.73 bits per heavy atom. The first kappa shape index (κ1) is 18.2. The number of carbonyl (C=O) groups excluding carboxylic acids is 2. The minimum atomic E-state index is -0.675. The number of pyridine rings is 1. The van der Waals surface area contributed by atoms with E-state index in [0.29, 0.717) is 13.2 Å². The normalized spacial score (nSPS) is 17.7. The lowest BCUT2D eigenvalue weighted by Crippen LogP contribution is -2.37. The van der Waals surface area contributed by atoms with Crippen LogP contribution in [-0.2, 0) is 14.3 Å². The Kier molecular flexibility index (Phi) is 5.70. The molecule has 1 aliphatic heterocycles. The number of ketones is 1. The molecule has 3 rings (SSSR count). The molecule has 2 unspecified atom stereocenters. The van der Waals surface area contributed by atoms with Gasteiger partial charge in [0.2, 0.25) is 5.78 Å². The first-order valence-corrected chi connectivity index (χ1v) is 8.27. The number of halogens is 1. The van der Waals surface area contributed by atoms with Crippen LogP contribution in [0.1, 0.15) is 22.5 Å². The molecule has 26 heavy (non-hydrogen) atoms. The predicted molar refractivity (Wildman–Crippen MR) is 92.4 cm³/mol. The van der Waals surface area contributed by atoms with E-state index < -0.39 is 17.7 Å². The van der Waals surface area contributed by atoms with Gasteiger partial charge in [0, 0.05) is 31.4 Å². The van der Waals surface area contributed by atoms with Crippen LogP contribution in [0.3, 0.4) is 0 Å². The Morgan fingerprint density at radius 1 is 1.31 bits per heavy atom. The van der Waals surface area contributed by atoms with Gasteiger partial charge < -0.3 is 14.8 Å². The number of nitrogens with one attached hydrogen (secondary N) is 1. The van der Waals surface area contributed by atoms with Crippen LogP contribution < -0.4 is 5.32 Å². The standard InChI is InChI=1S/C19H19FN2O4/c1-25-18(13-8-10-26-11-13)19(24)22-15-3-2-9-21-16(15)17(23)12-4-6-14(20)7-5-12/h2-7,9,13,18H,8,10-11H2,1H3,(H,22,24). The summed E-state index contributed by atoms with van der Waals surface area (Å²) in [5.74, 6) is -1.23. The highest BCUT2D eigenvalue weighted by Crippen LogP contribution is 2.22. The van der Waals surface area contributed by atoms with Crippen LogP contribution >= 0.6 is 0 Å². The van der Waals surface area contributed by atoms with Crippen molar-refractivity contribution in [3.63, 3.8) is 0 Å². The molecule has 2 heterocycles. The first-order chi connectivity index (χ1) is 12.6. The van der Waals surface area contributed by atoms with Gasteiger partial charge in [-0.25, -0.2) is 4.39 Å². The second-order valence-corrected chi connectivity index (χ2v) is 6.00. The predicted octanol–water partition coefficient (Wildman–Crippen LogP) is 2.44. The third kappa shape index (κ3) is 3.95. The molecule has 6 nitrogen and oxygen atoms in total. The van der Waals surface area contributed by atoms with Gasteiger partial charge in [0.1, 0.15) is 17.6 Å². The number of aromatic nitrogens is 1. The molecule has 7 heteroatoms. The fraction of sp³-hybridized carbons (Fsp3) is 0.316. The first-order valence-electron chi connectivity index (χ1n) is 8.27. The number of methoxy groups -OCH3 is 1. The van der Waals surface area contributed by atoms with Crippen molar-refractivity contribution in [1.29, 1.82) is 0 Å². The lowest BCUT2D eigenvalue weighted by atomic mass is 10.0. The Bertz CT molecular complexity index is 788. The molecule has 1 amide bonds. The summed E-state index contributed by atoms with van der Waals surface area (Å²) in [6.45, 7) is 1.05. The van der Waals surface area contributed by atoms with E-state index in [1.807, 2.05) is 0 Å². The fourth-order valence-corrected chi connectivity index (χ4v) is 2.93. The zero-order valence-electron chi connectivity index (χ0n) is 14.3. The molecule has 1 aliphatic rings. The fourth-order valence-electron chi connectivity index (χ4n) is 2.93. The summed E-state index contributed by atoms with van der Waals surface area (Å²) in [6, 6.07) is 8.39. The number of nitrogens with zero attached hydrogens (tertiary/aromatic N) is 1. The molecule has 0 saturated carbocycles. The van der Waals surface area contributed by atoms with Gasteiger partial charge in [0.15, 0.2) is 0 Å². The topological polar surface area (TPSA) is 77.5 Å². The third-order valence-corrected chi connectivity index (χ3v) is 4.29. The van der Waals surface area contributed by atoms with Crippen molar-refractivity contribution >= 4 is 17.4 Å². The van der Waals surface area contributed by atoms with Gasteiger partial charge in [-0.05, 0) is 42.8 Å². The zero-order valence-corrected chi connectivity index (χ0v) is 14.3. The largest absolute Gasteiger partial charge is 0.381 e. The molecule has 1 N–H and O–H groups in total. The summed E-state index contributed by atoms with van der Waals surface area (Å²) in [4.78, 5) is 29.4. The molecule has 0 radical (unpaired) electrons. The number of hydrogen-bond donors (Lipinski definition) is 1. The van der Waals surface area contributed by atoms with Crippen LogP contribution in [0.4, 0.5) is 10.1 Å². The number of benzene rings is 1. The van der Waals surface area contributed by atoms with E-state index >= 15 is 0 Å². The number of rotatable bonds is 6. The highest BCUT2D eigenvalue weighted by Gasteiger charge is 2.32. The second kappa shape index (κ2) is 8.16. The SMILES string of the molecule is COC(C(=O)Nc1cccnc1C(=O)c1ccc(F)cc1)C1CCOC1. The second-order valence-electron chi connectivity index (χ2n) is 6.00. The zero-order chi connectivity index (χ0) is 18.5. The van der Waals surface area contributed by atoms with Crippen LogP contribution in [0.5, 0.6) is 0 Å². The summed E-state index contributed by atoms with van der Waals surface area (Å²) in [7, 11) is 1.47. The van der Waals surface area contributed by atoms with Crippen molar-refractivity contribution in [2.75, 3.05) is 25.6 Å². The molecule has 2 atom stereocenters. The number of amides is 1. The molecule has 1 aromatic heterocycles. The van der Waals surface area contributed by atoms with E-state index in [4.69, 9.17) is 9.47 Å². The van der Waals surface area contributed by atoms with Crippen LogP contribution in [0, 0.1) is 11.7 Å². The lowest BCUT2D eigenvalue weighted by molar-refractivity contribution is -0.128. The average Bonchev–Trinajstić information content (AvgIpc) is 3.17. The molecular formula is C19H19FN2O4. The maximum atomic E-state index is 13.1. The molecule has 1 fully saturated rings. The van der Waals surface area contributed by atoms with Crippen molar-refractivity contribution in [3.8, 4) is 0 Å². The molecule has 0 spiro atoms. The minimum absolute atomic E-state index is 0.0343. The van der Waals surface area contributed by atoms with Crippen LogP contribution in [-0.4, -0.2) is 43.1 Å². The highest BCUT2D eigenvalue weighted by molar-refractivity contribution is 6.12. The quantitative estimate of drug-likeness (QED) is 0.803. The van der Waals surface area contributed by atoms with E-state index in [1.54, 1.807) is 12.1 Å². The molecule has 1 saturated heterocycles. The van der Waals surface area contributed by atoms with Gasteiger partial charge in [0.05, 0.1) is 12.3 Å². The maximum Gasteiger partial charge on any atom is 0.253 e. The van der Waals surface area contributed by atoms with E-state index in [0.717, 1.165) is 6.42 Å². The molecule has 0 bridgehead atoms. The van der Waals surface area contributed by atoms with E-state index in [1.165, 1.54) is 37.6 Å². The minimum Gasteiger partial charge on any atom is -0.381 e. The monoisotopic (exact) mass is 358 g/mol. The Morgan fingerprint density at radius 2 is 2.08 bits per heavy atom. The number of hydrogen-bond acceptors (Lipinski definition) is 5. The number of ether oxygens (including phenoxy) is 2. The van der Waals surface area contributed by atoms with Crippen LogP contribution in [0.15, 0.2) is 42.6 Å². The summed E-state index contributed by atoms with van der Waals surface area (Å²) in [6.07, 6.45) is 1.53. The Balaban J connectivity index is 1.81. The van der Waals surface area contributed by atoms with E-state index in [2.05, 4.69) is 10.3 Å². The van der Waals surface area contributed by atoms with Gasteiger partial charge in [-0.2, -0.15) is 0 Å². The maximum absolute atomic E-state index is 13.1. The van der Waals surface area contributed by atoms with Gasteiger partial charge in [-0.15, -0.1) is 0 Å². The average molecular weight is 358 g/mol. The van der Waals surface area contributed by atoms with Crippen molar-refractivity contribution < 1.29 is 23.5 Å². The van der Waals surface area contributed by atoms with Crippen molar-refractivity contribution in [2.24, 2.45) is 5.92 Å². The molecule has 136 valence electrons. The van der Waals surface area contributed by atoms with Crippen molar-refractivity contribution in [2.45, 2.75) is 12.5 Å².